The predicted molar refractivity (Wildman–Crippen MR) is 82.0 cm³/mol. The van der Waals surface area contributed by atoms with E-state index in [1.54, 1.807) is 0 Å². The fraction of sp³-hybridized carbons (Fsp3) is 0.188. The lowest BCUT2D eigenvalue weighted by Crippen LogP contribution is -2.11. The second-order valence-corrected chi connectivity index (χ2v) is 5.74. The van der Waals surface area contributed by atoms with Crippen LogP contribution in [0.15, 0.2) is 42.5 Å². The van der Waals surface area contributed by atoms with E-state index in [1.165, 1.54) is 11.1 Å². The fourth-order valence-corrected chi connectivity index (χ4v) is 3.36. The number of hydrogen-bond donors (Lipinski definition) is 1. The summed E-state index contributed by atoms with van der Waals surface area (Å²) in [5.74, 6) is 0.570. The largest absolute Gasteiger partial charge is 0.369 e. The van der Waals surface area contributed by atoms with E-state index in [-0.39, 0.29) is 0 Å². The predicted octanol–water partition coefficient (Wildman–Crippen LogP) is 3.61. The highest BCUT2D eigenvalue weighted by Gasteiger charge is 2.25. The van der Waals surface area contributed by atoms with E-state index in [0.29, 0.717) is 17.0 Å². The highest BCUT2D eigenvalue weighted by molar-refractivity contribution is 6.31. The van der Waals surface area contributed by atoms with Crippen molar-refractivity contribution in [3.05, 3.63) is 58.6 Å². The minimum Gasteiger partial charge on any atom is -0.369 e. The van der Waals surface area contributed by atoms with Crippen molar-refractivity contribution in [3.63, 3.8) is 0 Å². The lowest BCUT2D eigenvalue weighted by Gasteiger charge is -2.14. The quantitative estimate of drug-likeness (QED) is 0.741. The van der Waals surface area contributed by atoms with Gasteiger partial charge < -0.3 is 10.3 Å². The van der Waals surface area contributed by atoms with Gasteiger partial charge in [-0.25, -0.2) is 4.98 Å². The molecule has 1 aliphatic carbocycles. The van der Waals surface area contributed by atoms with Crippen LogP contribution in [-0.4, -0.2) is 9.55 Å². The van der Waals surface area contributed by atoms with Crippen LogP contribution in [0, 0.1) is 0 Å². The van der Waals surface area contributed by atoms with Gasteiger partial charge in [-0.3, -0.25) is 0 Å². The van der Waals surface area contributed by atoms with Gasteiger partial charge in [-0.15, -0.1) is 0 Å². The monoisotopic (exact) mass is 283 g/mol. The summed E-state index contributed by atoms with van der Waals surface area (Å²) in [5, 5.41) is 0.692. The molecule has 0 radical (unpaired) electrons. The summed E-state index contributed by atoms with van der Waals surface area (Å²) >= 11 is 6.02. The Balaban J connectivity index is 1.83. The van der Waals surface area contributed by atoms with Crippen molar-refractivity contribution in [1.29, 1.82) is 0 Å². The second kappa shape index (κ2) is 4.25. The van der Waals surface area contributed by atoms with Crippen molar-refractivity contribution in [1.82, 2.24) is 9.55 Å². The molecule has 1 aromatic heterocycles. The topological polar surface area (TPSA) is 43.8 Å². The van der Waals surface area contributed by atoms with E-state index in [0.717, 1.165) is 23.9 Å². The van der Waals surface area contributed by atoms with Gasteiger partial charge >= 0.3 is 0 Å². The van der Waals surface area contributed by atoms with Gasteiger partial charge in [0.15, 0.2) is 0 Å². The Morgan fingerprint density at radius 1 is 1.10 bits per heavy atom. The first-order valence-electron chi connectivity index (χ1n) is 6.72. The van der Waals surface area contributed by atoms with E-state index < -0.39 is 0 Å². The number of benzene rings is 2. The molecule has 100 valence electrons. The number of nitrogens with two attached hydrogens (primary N) is 1. The molecular formula is C16H14ClN3. The number of anilines is 1. The van der Waals surface area contributed by atoms with Crippen LogP contribution < -0.4 is 5.73 Å². The minimum absolute atomic E-state index is 0.346. The Bertz CT molecular complexity index is 782. The van der Waals surface area contributed by atoms with Crippen LogP contribution in [0.3, 0.4) is 0 Å². The number of hydrogen-bond acceptors (Lipinski definition) is 2. The highest BCUT2D eigenvalue weighted by Crippen LogP contribution is 2.34. The molecule has 0 saturated carbocycles. The molecule has 2 N–H and O–H groups in total. The molecule has 1 heterocycles. The van der Waals surface area contributed by atoms with Gasteiger partial charge in [0, 0.05) is 11.1 Å². The molecule has 1 aliphatic rings. The molecule has 0 unspecified atom stereocenters. The standard InChI is InChI=1S/C16H14ClN3/c17-12-5-6-15-14(9-12)19-16(18)20(15)13-7-10-3-1-2-4-11(10)8-13/h1-6,9,13H,7-8H2,(H2,18,19). The Morgan fingerprint density at radius 3 is 2.50 bits per heavy atom. The van der Waals surface area contributed by atoms with Crippen LogP contribution in [0.25, 0.3) is 11.0 Å². The van der Waals surface area contributed by atoms with E-state index in [1.807, 2.05) is 18.2 Å². The van der Waals surface area contributed by atoms with Crippen molar-refractivity contribution < 1.29 is 0 Å². The van der Waals surface area contributed by atoms with Crippen LogP contribution in [-0.2, 0) is 12.8 Å². The number of imidazole rings is 1. The smallest absolute Gasteiger partial charge is 0.201 e. The normalized spacial score (nSPS) is 14.8. The molecule has 3 aromatic rings. The third-order valence-electron chi connectivity index (χ3n) is 4.07. The summed E-state index contributed by atoms with van der Waals surface area (Å²) in [4.78, 5) is 4.44. The van der Waals surface area contributed by atoms with Gasteiger partial charge in [-0.05, 0) is 42.2 Å². The van der Waals surface area contributed by atoms with Crippen molar-refractivity contribution in [2.24, 2.45) is 0 Å². The minimum atomic E-state index is 0.346. The Morgan fingerprint density at radius 2 is 1.80 bits per heavy atom. The molecule has 0 saturated heterocycles. The third kappa shape index (κ3) is 1.70. The number of fused-ring (bicyclic) bond motifs is 2. The molecule has 0 amide bonds. The first-order chi connectivity index (χ1) is 9.72. The van der Waals surface area contributed by atoms with Gasteiger partial charge in [-0.2, -0.15) is 0 Å². The van der Waals surface area contributed by atoms with Crippen molar-refractivity contribution >= 4 is 28.6 Å². The highest BCUT2D eigenvalue weighted by atomic mass is 35.5. The van der Waals surface area contributed by atoms with Crippen LogP contribution in [0.1, 0.15) is 17.2 Å². The molecule has 0 aliphatic heterocycles. The molecular weight excluding hydrogens is 270 g/mol. The lowest BCUT2D eigenvalue weighted by atomic mass is 10.1. The maximum Gasteiger partial charge on any atom is 0.201 e. The maximum absolute atomic E-state index is 6.13. The van der Waals surface area contributed by atoms with E-state index in [9.17, 15) is 0 Å². The van der Waals surface area contributed by atoms with Crippen LogP contribution in [0.4, 0.5) is 5.95 Å². The Kier molecular flexibility index (Phi) is 2.51. The molecule has 0 spiro atoms. The summed E-state index contributed by atoms with van der Waals surface area (Å²) in [6.45, 7) is 0. The molecule has 0 atom stereocenters. The zero-order valence-electron chi connectivity index (χ0n) is 10.9. The van der Waals surface area contributed by atoms with Crippen molar-refractivity contribution in [3.8, 4) is 0 Å². The molecule has 0 fully saturated rings. The first kappa shape index (κ1) is 11.8. The molecule has 3 nitrogen and oxygen atoms in total. The SMILES string of the molecule is Nc1nc2cc(Cl)ccc2n1C1Cc2ccccc2C1. The van der Waals surface area contributed by atoms with Gasteiger partial charge in [0.1, 0.15) is 0 Å². The Hall–Kier alpha value is -2.00. The second-order valence-electron chi connectivity index (χ2n) is 5.30. The van der Waals surface area contributed by atoms with Gasteiger partial charge in [-0.1, -0.05) is 35.9 Å². The first-order valence-corrected chi connectivity index (χ1v) is 7.10. The zero-order valence-corrected chi connectivity index (χ0v) is 11.6. The zero-order chi connectivity index (χ0) is 13.7. The summed E-state index contributed by atoms with van der Waals surface area (Å²) in [7, 11) is 0. The van der Waals surface area contributed by atoms with E-state index >= 15 is 0 Å². The number of aromatic nitrogens is 2. The molecule has 20 heavy (non-hydrogen) atoms. The maximum atomic E-state index is 6.13. The van der Waals surface area contributed by atoms with Crippen LogP contribution in [0.5, 0.6) is 0 Å². The molecule has 4 heteroatoms. The van der Waals surface area contributed by atoms with Gasteiger partial charge in [0.05, 0.1) is 11.0 Å². The van der Waals surface area contributed by atoms with Crippen molar-refractivity contribution in [2.75, 3.05) is 5.73 Å². The summed E-state index contributed by atoms with van der Waals surface area (Å²) in [6, 6.07) is 14.7. The van der Waals surface area contributed by atoms with Gasteiger partial charge in [0.2, 0.25) is 5.95 Å². The Labute approximate surface area is 122 Å². The number of nitrogens with zero attached hydrogens (tertiary/aromatic N) is 2. The molecule has 0 bridgehead atoms. The average Bonchev–Trinajstić information content (AvgIpc) is 2.97. The summed E-state index contributed by atoms with van der Waals surface area (Å²) in [6.07, 6.45) is 2.02. The fourth-order valence-electron chi connectivity index (χ4n) is 3.19. The molecule has 4 rings (SSSR count). The average molecular weight is 284 g/mol. The van der Waals surface area contributed by atoms with Gasteiger partial charge in [0.25, 0.3) is 0 Å². The lowest BCUT2D eigenvalue weighted by molar-refractivity contribution is 0.550. The van der Waals surface area contributed by atoms with Crippen molar-refractivity contribution in [2.45, 2.75) is 18.9 Å². The van der Waals surface area contributed by atoms with E-state index in [2.05, 4.69) is 33.8 Å². The van der Waals surface area contributed by atoms with Crippen LogP contribution >= 0.6 is 11.6 Å². The number of nitrogen functional groups attached to an aromatic ring is 1. The van der Waals surface area contributed by atoms with Crippen LogP contribution in [0.2, 0.25) is 5.02 Å². The number of rotatable bonds is 1. The number of halogens is 1. The van der Waals surface area contributed by atoms with E-state index in [4.69, 9.17) is 17.3 Å². The molecule has 2 aromatic carbocycles. The summed E-state index contributed by atoms with van der Waals surface area (Å²) < 4.78 is 2.14. The summed E-state index contributed by atoms with van der Waals surface area (Å²) in [5.41, 5.74) is 10.9. The third-order valence-corrected chi connectivity index (χ3v) is 4.31.